The largest absolute Gasteiger partial charge is 0.492 e. The second kappa shape index (κ2) is 3.75. The van der Waals surface area contributed by atoms with Gasteiger partial charge in [0.1, 0.15) is 5.75 Å². The molecule has 3 rings (SSSR count). The molecule has 1 aromatic heterocycles. The fourth-order valence-corrected chi connectivity index (χ4v) is 2.94. The number of nitrogens with two attached hydrogens (primary N) is 1. The summed E-state index contributed by atoms with van der Waals surface area (Å²) in [6.07, 6.45) is 0.960. The van der Waals surface area contributed by atoms with E-state index in [-0.39, 0.29) is 0 Å². The molecule has 2 heterocycles. The summed E-state index contributed by atoms with van der Waals surface area (Å²) < 4.78 is 6.71. The third-order valence-electron chi connectivity index (χ3n) is 2.55. The van der Waals surface area contributed by atoms with Gasteiger partial charge in [0.05, 0.1) is 12.3 Å². The summed E-state index contributed by atoms with van der Waals surface area (Å²) >= 11 is 4.96. The molecule has 0 radical (unpaired) electrons. The highest BCUT2D eigenvalue weighted by Gasteiger charge is 2.19. The number of aromatic nitrogens is 1. The van der Waals surface area contributed by atoms with Crippen LogP contribution in [0.3, 0.4) is 0 Å². The molecule has 1 aromatic carbocycles. The number of nitrogens with zero attached hydrogens (tertiary/aromatic N) is 1. The van der Waals surface area contributed by atoms with Gasteiger partial charge in [-0.3, -0.25) is 0 Å². The molecule has 0 saturated heterocycles. The number of thiazole rings is 1. The van der Waals surface area contributed by atoms with Crippen molar-refractivity contribution < 1.29 is 4.74 Å². The second-order valence-electron chi connectivity index (χ2n) is 3.61. The monoisotopic (exact) mass is 296 g/mol. The highest BCUT2D eigenvalue weighted by atomic mass is 79.9. The second-order valence-corrected chi connectivity index (χ2v) is 5.42. The van der Waals surface area contributed by atoms with Crippen LogP contribution in [-0.2, 0) is 6.42 Å². The minimum Gasteiger partial charge on any atom is -0.492 e. The van der Waals surface area contributed by atoms with Crippen LogP contribution in [0.4, 0.5) is 5.13 Å². The zero-order valence-electron chi connectivity index (χ0n) is 8.37. The van der Waals surface area contributed by atoms with Gasteiger partial charge in [0, 0.05) is 21.8 Å². The van der Waals surface area contributed by atoms with Crippen LogP contribution < -0.4 is 10.5 Å². The molecule has 0 amide bonds. The zero-order valence-corrected chi connectivity index (χ0v) is 10.8. The number of halogens is 1. The molecule has 3 nitrogen and oxygen atoms in total. The lowest BCUT2D eigenvalue weighted by Gasteiger charge is -2.06. The van der Waals surface area contributed by atoms with Crippen molar-refractivity contribution in [3.8, 4) is 17.0 Å². The minimum absolute atomic E-state index is 0.585. The van der Waals surface area contributed by atoms with Gasteiger partial charge < -0.3 is 10.5 Å². The number of hydrogen-bond donors (Lipinski definition) is 1. The van der Waals surface area contributed by atoms with E-state index in [0.717, 1.165) is 34.5 Å². The molecule has 0 spiro atoms. The smallest absolute Gasteiger partial charge is 0.180 e. The van der Waals surface area contributed by atoms with E-state index in [1.165, 1.54) is 16.9 Å². The summed E-state index contributed by atoms with van der Waals surface area (Å²) in [5, 5.41) is 2.54. The van der Waals surface area contributed by atoms with Gasteiger partial charge in [-0.25, -0.2) is 4.98 Å². The molecule has 0 aliphatic carbocycles. The van der Waals surface area contributed by atoms with Gasteiger partial charge in [-0.05, 0) is 17.7 Å². The van der Waals surface area contributed by atoms with Gasteiger partial charge in [-0.15, -0.1) is 11.3 Å². The fourth-order valence-electron chi connectivity index (χ4n) is 1.87. The van der Waals surface area contributed by atoms with Crippen LogP contribution in [0.15, 0.2) is 22.0 Å². The number of benzene rings is 1. The molecular weight excluding hydrogens is 288 g/mol. The highest BCUT2D eigenvalue weighted by molar-refractivity contribution is 9.10. The predicted octanol–water partition coefficient (Wildman–Crippen LogP) is 3.09. The summed E-state index contributed by atoms with van der Waals surface area (Å²) in [5.74, 6) is 0.952. The molecule has 0 saturated carbocycles. The Balaban J connectivity index is 2.20. The van der Waals surface area contributed by atoms with Crippen LogP contribution in [-0.4, -0.2) is 11.6 Å². The van der Waals surface area contributed by atoms with Crippen molar-refractivity contribution in [3.63, 3.8) is 0 Å². The normalized spacial score (nSPS) is 13.6. The number of nitrogen functional groups attached to an aromatic ring is 1. The molecule has 1 aliphatic heterocycles. The number of ether oxygens (including phenoxy) is 1. The number of anilines is 1. The van der Waals surface area contributed by atoms with Crippen molar-refractivity contribution in [2.24, 2.45) is 0 Å². The summed E-state index contributed by atoms with van der Waals surface area (Å²) in [6.45, 7) is 0.748. The molecule has 1 aliphatic rings. The molecule has 0 atom stereocenters. The number of rotatable bonds is 1. The number of hydrogen-bond acceptors (Lipinski definition) is 4. The molecule has 82 valence electrons. The van der Waals surface area contributed by atoms with Gasteiger partial charge in [0.2, 0.25) is 0 Å². The number of fused-ring (bicyclic) bond motifs is 1. The van der Waals surface area contributed by atoms with E-state index < -0.39 is 0 Å². The Morgan fingerprint density at radius 3 is 3.06 bits per heavy atom. The predicted molar refractivity (Wildman–Crippen MR) is 68.9 cm³/mol. The molecule has 16 heavy (non-hydrogen) atoms. The van der Waals surface area contributed by atoms with E-state index in [9.17, 15) is 0 Å². The van der Waals surface area contributed by atoms with Crippen LogP contribution >= 0.6 is 27.3 Å². The van der Waals surface area contributed by atoms with Crippen molar-refractivity contribution in [1.29, 1.82) is 0 Å². The molecule has 0 bridgehead atoms. The van der Waals surface area contributed by atoms with E-state index in [0.29, 0.717) is 5.13 Å². The summed E-state index contributed by atoms with van der Waals surface area (Å²) in [4.78, 5) is 4.30. The van der Waals surface area contributed by atoms with Crippen LogP contribution in [0.25, 0.3) is 11.3 Å². The zero-order chi connectivity index (χ0) is 11.1. The van der Waals surface area contributed by atoms with E-state index in [4.69, 9.17) is 10.5 Å². The SMILES string of the molecule is Nc1nc(-c2cc(Br)cc3c2OCC3)cs1. The first-order valence-electron chi connectivity index (χ1n) is 4.90. The average Bonchev–Trinajstić information content (AvgIpc) is 2.84. The molecular formula is C11H9BrN2OS. The van der Waals surface area contributed by atoms with Crippen LogP contribution in [0, 0.1) is 0 Å². The fraction of sp³-hybridized carbons (Fsp3) is 0.182. The lowest BCUT2D eigenvalue weighted by Crippen LogP contribution is -1.89. The van der Waals surface area contributed by atoms with E-state index in [1.807, 2.05) is 11.4 Å². The van der Waals surface area contributed by atoms with Crippen LogP contribution in [0.2, 0.25) is 0 Å². The Labute approximate surface area is 105 Å². The lowest BCUT2D eigenvalue weighted by atomic mass is 10.1. The van der Waals surface area contributed by atoms with Crippen molar-refractivity contribution >= 4 is 32.4 Å². The summed E-state index contributed by atoms with van der Waals surface area (Å²) in [5.41, 5.74) is 8.80. The van der Waals surface area contributed by atoms with Crippen molar-refractivity contribution in [2.45, 2.75) is 6.42 Å². The first-order valence-corrected chi connectivity index (χ1v) is 6.58. The van der Waals surface area contributed by atoms with Gasteiger partial charge in [0.15, 0.2) is 5.13 Å². The Kier molecular flexibility index (Phi) is 2.37. The van der Waals surface area contributed by atoms with Gasteiger partial charge >= 0.3 is 0 Å². The third kappa shape index (κ3) is 1.60. The highest BCUT2D eigenvalue weighted by Crippen LogP contribution is 2.39. The molecule has 2 N–H and O–H groups in total. The Hall–Kier alpha value is -1.07. The quantitative estimate of drug-likeness (QED) is 0.880. The molecule has 0 fully saturated rings. The van der Waals surface area contributed by atoms with Crippen molar-refractivity contribution in [2.75, 3.05) is 12.3 Å². The van der Waals surface area contributed by atoms with E-state index in [2.05, 4.69) is 27.0 Å². The Bertz CT molecular complexity index is 553. The first-order chi connectivity index (χ1) is 7.74. The van der Waals surface area contributed by atoms with Gasteiger partial charge in [0.25, 0.3) is 0 Å². The molecule has 2 aromatic rings. The van der Waals surface area contributed by atoms with Crippen molar-refractivity contribution in [3.05, 3.63) is 27.5 Å². The topological polar surface area (TPSA) is 48.1 Å². The summed E-state index contributed by atoms with van der Waals surface area (Å²) in [6, 6.07) is 4.13. The van der Waals surface area contributed by atoms with E-state index in [1.54, 1.807) is 0 Å². The summed E-state index contributed by atoms with van der Waals surface area (Å²) in [7, 11) is 0. The minimum atomic E-state index is 0.585. The maximum Gasteiger partial charge on any atom is 0.180 e. The Morgan fingerprint density at radius 2 is 2.31 bits per heavy atom. The maximum atomic E-state index is 5.65. The Morgan fingerprint density at radius 1 is 1.44 bits per heavy atom. The molecule has 0 unspecified atom stereocenters. The van der Waals surface area contributed by atoms with E-state index >= 15 is 0 Å². The lowest BCUT2D eigenvalue weighted by molar-refractivity contribution is 0.358. The van der Waals surface area contributed by atoms with Crippen LogP contribution in [0.5, 0.6) is 5.75 Å². The third-order valence-corrected chi connectivity index (χ3v) is 3.68. The molecule has 5 heteroatoms. The van der Waals surface area contributed by atoms with Gasteiger partial charge in [-0.1, -0.05) is 15.9 Å². The van der Waals surface area contributed by atoms with Gasteiger partial charge in [-0.2, -0.15) is 0 Å². The van der Waals surface area contributed by atoms with Crippen molar-refractivity contribution in [1.82, 2.24) is 4.98 Å². The first kappa shape index (κ1) is 10.1. The standard InChI is InChI=1S/C11H9BrN2OS/c12-7-3-6-1-2-15-10(6)8(4-7)9-5-16-11(13)14-9/h3-5H,1-2H2,(H2,13,14). The maximum absolute atomic E-state index is 5.65. The average molecular weight is 297 g/mol. The van der Waals surface area contributed by atoms with Crippen LogP contribution in [0.1, 0.15) is 5.56 Å².